The van der Waals surface area contributed by atoms with Gasteiger partial charge >= 0.3 is 5.92 Å². The lowest BCUT2D eigenvalue weighted by Gasteiger charge is -2.34. The van der Waals surface area contributed by atoms with Crippen LogP contribution in [0.5, 0.6) is 0 Å². The molecule has 1 saturated heterocycles. The van der Waals surface area contributed by atoms with Gasteiger partial charge in [0.2, 0.25) is 17.7 Å². The number of alkyl halides is 2. The van der Waals surface area contributed by atoms with E-state index in [1.165, 1.54) is 24.3 Å². The number of rotatable bonds is 10. The zero-order valence-electron chi connectivity index (χ0n) is 22.7. The molecule has 0 aromatic heterocycles. The molecule has 0 spiro atoms. The Hall–Kier alpha value is -4.44. The second-order valence-electron chi connectivity index (χ2n) is 9.62. The lowest BCUT2D eigenvalue weighted by Crippen LogP contribution is -2.54. The average molecular weight is 573 g/mol. The Morgan fingerprint density at radius 2 is 1.76 bits per heavy atom. The van der Waals surface area contributed by atoms with Crippen molar-refractivity contribution in [2.24, 2.45) is 0 Å². The maximum absolute atomic E-state index is 14.8. The van der Waals surface area contributed by atoms with Crippen molar-refractivity contribution in [3.05, 3.63) is 65.0 Å². The number of nitrogens with zero attached hydrogens (tertiary/aromatic N) is 3. The molecule has 218 valence electrons. The number of carbonyl (C=O) groups is 4. The number of nitriles is 1. The molecular formula is C28H31F3N6O4. The van der Waals surface area contributed by atoms with Crippen molar-refractivity contribution in [1.82, 2.24) is 20.4 Å². The van der Waals surface area contributed by atoms with E-state index in [0.717, 1.165) is 18.2 Å². The van der Waals surface area contributed by atoms with Crippen molar-refractivity contribution in [3.63, 3.8) is 0 Å². The first-order chi connectivity index (χ1) is 19.4. The van der Waals surface area contributed by atoms with Crippen LogP contribution < -0.4 is 16.0 Å². The van der Waals surface area contributed by atoms with Crippen LogP contribution >= 0.6 is 0 Å². The third kappa shape index (κ3) is 8.28. The molecule has 3 rings (SSSR count). The van der Waals surface area contributed by atoms with Gasteiger partial charge in [-0.15, -0.1) is 0 Å². The van der Waals surface area contributed by atoms with Gasteiger partial charge in [-0.3, -0.25) is 19.2 Å². The third-order valence-corrected chi connectivity index (χ3v) is 6.57. The predicted molar refractivity (Wildman–Crippen MR) is 143 cm³/mol. The number of anilines is 1. The fourth-order valence-corrected chi connectivity index (χ4v) is 4.15. The molecule has 0 saturated carbocycles. The molecule has 0 aliphatic carbocycles. The normalized spacial score (nSPS) is 14.5. The minimum Gasteiger partial charge on any atom is -0.344 e. The van der Waals surface area contributed by atoms with Crippen LogP contribution in [0.1, 0.15) is 30.0 Å². The highest BCUT2D eigenvalue weighted by atomic mass is 19.3. The number of piperazine rings is 1. The van der Waals surface area contributed by atoms with Gasteiger partial charge < -0.3 is 25.8 Å². The molecule has 2 aromatic carbocycles. The number of likely N-dealkylation sites (N-methyl/N-ethyl adjacent to an activating group) is 1. The van der Waals surface area contributed by atoms with Crippen LogP contribution in [0, 0.1) is 17.1 Å². The first-order valence-electron chi connectivity index (χ1n) is 13.0. The SMILES string of the molecule is CCC(=O)NC(Cc1ccc(NC(=O)CNC(=O)C(F)(F)c2cccc(C#N)c2)c(F)c1)C(=O)N1CCN(C)CC1. The van der Waals surface area contributed by atoms with Crippen molar-refractivity contribution in [1.29, 1.82) is 5.26 Å². The van der Waals surface area contributed by atoms with Gasteiger partial charge in [-0.05, 0) is 36.9 Å². The van der Waals surface area contributed by atoms with Gasteiger partial charge in [-0.1, -0.05) is 25.1 Å². The number of nitrogens with one attached hydrogen (secondary N) is 3. The highest BCUT2D eigenvalue weighted by Crippen LogP contribution is 2.28. The highest BCUT2D eigenvalue weighted by molar-refractivity contribution is 5.96. The van der Waals surface area contributed by atoms with Gasteiger partial charge in [0.15, 0.2) is 0 Å². The zero-order valence-corrected chi connectivity index (χ0v) is 22.7. The molecule has 0 radical (unpaired) electrons. The summed E-state index contributed by atoms with van der Waals surface area (Å²) in [5.74, 6) is -8.18. The Kier molecular flexibility index (Phi) is 10.4. The number of benzene rings is 2. The van der Waals surface area contributed by atoms with Crippen LogP contribution in [0.15, 0.2) is 42.5 Å². The Balaban J connectivity index is 1.61. The highest BCUT2D eigenvalue weighted by Gasteiger charge is 2.41. The molecule has 0 bridgehead atoms. The van der Waals surface area contributed by atoms with Gasteiger partial charge in [0, 0.05) is 44.6 Å². The molecule has 4 amide bonds. The first kappa shape index (κ1) is 31.1. The standard InChI is InChI=1S/C28H31F3N6O4/c1-3-24(38)35-23(26(40)37-11-9-36(2)10-12-37)15-18-7-8-22(21(29)14-18)34-25(39)17-33-27(41)28(30,31)20-6-4-5-19(13-20)16-32/h4-8,13-14,23H,3,9-12,15,17H2,1-2H3,(H,33,41)(H,34,39)(H,35,38). The topological polar surface area (TPSA) is 135 Å². The second kappa shape index (κ2) is 13.8. The molecule has 10 nitrogen and oxygen atoms in total. The quantitative estimate of drug-likeness (QED) is 0.397. The van der Waals surface area contributed by atoms with Crippen molar-refractivity contribution in [2.45, 2.75) is 31.7 Å². The third-order valence-electron chi connectivity index (χ3n) is 6.57. The first-order valence-corrected chi connectivity index (χ1v) is 13.0. The Morgan fingerprint density at radius 1 is 1.05 bits per heavy atom. The van der Waals surface area contributed by atoms with Crippen LogP contribution in [0.2, 0.25) is 0 Å². The molecule has 1 fully saturated rings. The van der Waals surface area contributed by atoms with Crippen molar-refractivity contribution >= 4 is 29.3 Å². The van der Waals surface area contributed by atoms with Gasteiger partial charge in [0.25, 0.3) is 5.91 Å². The summed E-state index contributed by atoms with van der Waals surface area (Å²) in [5, 5.41) is 15.6. The van der Waals surface area contributed by atoms with Crippen LogP contribution in [-0.4, -0.2) is 79.2 Å². The van der Waals surface area contributed by atoms with E-state index in [4.69, 9.17) is 5.26 Å². The summed E-state index contributed by atoms with van der Waals surface area (Å²) >= 11 is 0. The van der Waals surface area contributed by atoms with Crippen LogP contribution in [0.3, 0.4) is 0 Å². The summed E-state index contributed by atoms with van der Waals surface area (Å²) in [7, 11) is 1.95. The van der Waals surface area contributed by atoms with Crippen molar-refractivity contribution in [2.75, 3.05) is 45.1 Å². The molecule has 1 atom stereocenters. The van der Waals surface area contributed by atoms with Crippen LogP contribution in [0.25, 0.3) is 0 Å². The molecule has 1 unspecified atom stereocenters. The number of hydrogen-bond acceptors (Lipinski definition) is 6. The molecule has 1 aliphatic heterocycles. The maximum Gasteiger partial charge on any atom is 0.349 e. The lowest BCUT2D eigenvalue weighted by atomic mass is 10.0. The monoisotopic (exact) mass is 572 g/mol. The number of hydrogen-bond donors (Lipinski definition) is 3. The number of carbonyl (C=O) groups excluding carboxylic acids is 4. The van der Waals surface area contributed by atoms with Gasteiger partial charge in [0.05, 0.1) is 23.9 Å². The molecule has 1 heterocycles. The summed E-state index contributed by atoms with van der Waals surface area (Å²) in [6, 6.07) is 8.97. The summed E-state index contributed by atoms with van der Waals surface area (Å²) in [5.41, 5.74) is -0.650. The van der Waals surface area contributed by atoms with Crippen molar-refractivity contribution < 1.29 is 32.3 Å². The summed E-state index contributed by atoms with van der Waals surface area (Å²) < 4.78 is 43.8. The Bertz CT molecular complexity index is 1340. The predicted octanol–water partition coefficient (Wildman–Crippen LogP) is 1.76. The van der Waals surface area contributed by atoms with Crippen molar-refractivity contribution in [3.8, 4) is 6.07 Å². The van der Waals surface area contributed by atoms with E-state index in [1.807, 2.05) is 12.4 Å². The Morgan fingerprint density at radius 3 is 2.39 bits per heavy atom. The summed E-state index contributed by atoms with van der Waals surface area (Å²) in [4.78, 5) is 53.2. The molecule has 1 aliphatic rings. The van der Waals surface area contributed by atoms with Crippen LogP contribution in [0.4, 0.5) is 18.9 Å². The minimum atomic E-state index is -4.01. The zero-order chi connectivity index (χ0) is 30.2. The van der Waals surface area contributed by atoms with E-state index >= 15 is 0 Å². The summed E-state index contributed by atoms with van der Waals surface area (Å²) in [6.45, 7) is 3.17. The van der Waals surface area contributed by atoms with Gasteiger partial charge in [-0.25, -0.2) is 4.39 Å². The smallest absolute Gasteiger partial charge is 0.344 e. The van der Waals surface area contributed by atoms with E-state index < -0.39 is 41.7 Å². The van der Waals surface area contributed by atoms with E-state index in [0.29, 0.717) is 31.7 Å². The van der Waals surface area contributed by atoms with E-state index in [1.54, 1.807) is 17.9 Å². The number of amides is 4. The molecule has 3 N–H and O–H groups in total. The summed E-state index contributed by atoms with van der Waals surface area (Å²) in [6.07, 6.45) is 0.181. The Labute approximate surface area is 235 Å². The minimum absolute atomic E-state index is 0.0141. The second-order valence-corrected chi connectivity index (χ2v) is 9.62. The molecule has 13 heteroatoms. The fraction of sp³-hybridized carbons (Fsp3) is 0.393. The molecule has 2 aromatic rings. The van der Waals surface area contributed by atoms with Gasteiger partial charge in [0.1, 0.15) is 11.9 Å². The lowest BCUT2D eigenvalue weighted by molar-refractivity contribution is -0.147. The maximum atomic E-state index is 14.8. The van der Waals surface area contributed by atoms with E-state index in [-0.39, 0.29) is 35.9 Å². The molecule has 41 heavy (non-hydrogen) atoms. The average Bonchev–Trinajstić information content (AvgIpc) is 2.96. The molecular weight excluding hydrogens is 541 g/mol. The van der Waals surface area contributed by atoms with E-state index in [9.17, 15) is 32.3 Å². The van der Waals surface area contributed by atoms with Crippen LogP contribution in [-0.2, 0) is 31.5 Å². The largest absolute Gasteiger partial charge is 0.349 e. The number of halogens is 3. The fourth-order valence-electron chi connectivity index (χ4n) is 4.15. The van der Waals surface area contributed by atoms with Gasteiger partial charge in [-0.2, -0.15) is 14.0 Å². The van der Waals surface area contributed by atoms with E-state index in [2.05, 4.69) is 15.5 Å².